The first-order chi connectivity index (χ1) is 14.1. The number of aromatic nitrogens is 1. The highest BCUT2D eigenvalue weighted by atomic mass is 35.5. The summed E-state index contributed by atoms with van der Waals surface area (Å²) in [6.45, 7) is 1.02. The molecule has 0 aliphatic carbocycles. The van der Waals surface area contributed by atoms with Crippen molar-refractivity contribution < 1.29 is 31.1 Å². The summed E-state index contributed by atoms with van der Waals surface area (Å²) in [6.07, 6.45) is -3.73. The summed E-state index contributed by atoms with van der Waals surface area (Å²) >= 11 is 6.10. The molecule has 0 saturated carbocycles. The molecule has 160 valence electrons. The molecule has 10 heteroatoms. The first-order valence-corrected chi connectivity index (χ1v) is 9.88. The molecule has 0 aliphatic heterocycles. The van der Waals surface area contributed by atoms with E-state index in [4.69, 9.17) is 16.3 Å². The first kappa shape index (κ1) is 22.4. The van der Waals surface area contributed by atoms with E-state index < -0.39 is 47.2 Å². The SMILES string of the molecule is CCCc1cc(F)c(OCc2c(C(F)(F)F)nsc2-c2ccc(Cl)c(F)c2)c(F)c1. The van der Waals surface area contributed by atoms with Gasteiger partial charge in [-0.1, -0.05) is 31.0 Å². The van der Waals surface area contributed by atoms with Gasteiger partial charge in [-0.25, -0.2) is 13.2 Å². The van der Waals surface area contributed by atoms with Crippen LogP contribution in [0.5, 0.6) is 5.75 Å². The summed E-state index contributed by atoms with van der Waals surface area (Å²) in [6, 6.07) is 5.63. The maximum Gasteiger partial charge on any atom is 0.434 e. The molecule has 3 rings (SSSR count). The highest BCUT2D eigenvalue weighted by Gasteiger charge is 2.38. The Bertz CT molecular complexity index is 1040. The molecular weight excluding hydrogens is 452 g/mol. The van der Waals surface area contributed by atoms with E-state index in [1.165, 1.54) is 12.1 Å². The zero-order chi connectivity index (χ0) is 22.1. The zero-order valence-corrected chi connectivity index (χ0v) is 17.0. The predicted molar refractivity (Wildman–Crippen MR) is 102 cm³/mol. The molecule has 0 fully saturated rings. The summed E-state index contributed by atoms with van der Waals surface area (Å²) in [5, 5.41) is -0.201. The summed E-state index contributed by atoms with van der Waals surface area (Å²) in [4.78, 5) is -0.0405. The summed E-state index contributed by atoms with van der Waals surface area (Å²) in [5.74, 6) is -3.66. The molecule has 0 saturated heterocycles. The second kappa shape index (κ2) is 8.85. The number of hydrogen-bond acceptors (Lipinski definition) is 3. The third kappa shape index (κ3) is 4.73. The molecule has 2 aromatic carbocycles. The Morgan fingerprint density at radius 2 is 1.70 bits per heavy atom. The van der Waals surface area contributed by atoms with E-state index in [9.17, 15) is 26.3 Å². The van der Waals surface area contributed by atoms with Crippen molar-refractivity contribution in [3.8, 4) is 16.2 Å². The van der Waals surface area contributed by atoms with Crippen LogP contribution >= 0.6 is 23.1 Å². The number of alkyl halides is 3. The molecule has 0 aliphatic rings. The molecule has 30 heavy (non-hydrogen) atoms. The maximum absolute atomic E-state index is 14.3. The van der Waals surface area contributed by atoms with Crippen molar-refractivity contribution in [3.63, 3.8) is 0 Å². The van der Waals surface area contributed by atoms with E-state index >= 15 is 0 Å². The smallest absolute Gasteiger partial charge is 0.434 e. The number of benzene rings is 2. The van der Waals surface area contributed by atoms with Crippen LogP contribution in [0.3, 0.4) is 0 Å². The lowest BCUT2D eigenvalue weighted by Gasteiger charge is -2.13. The van der Waals surface area contributed by atoms with E-state index in [-0.39, 0.29) is 15.5 Å². The first-order valence-electron chi connectivity index (χ1n) is 8.73. The largest absolute Gasteiger partial charge is 0.483 e. The average molecular weight is 466 g/mol. The molecule has 0 spiro atoms. The molecular formula is C20H14ClF6NOS. The van der Waals surface area contributed by atoms with Crippen LogP contribution in [0.15, 0.2) is 30.3 Å². The Balaban J connectivity index is 1.99. The normalized spacial score (nSPS) is 11.7. The summed E-state index contributed by atoms with van der Waals surface area (Å²) in [5.41, 5.74) is -1.22. The fourth-order valence-corrected chi connectivity index (χ4v) is 3.87. The van der Waals surface area contributed by atoms with E-state index in [1.807, 2.05) is 6.92 Å². The minimum Gasteiger partial charge on any atom is -0.483 e. The minimum absolute atomic E-state index is 0.0405. The van der Waals surface area contributed by atoms with Crippen molar-refractivity contribution in [1.29, 1.82) is 0 Å². The predicted octanol–water partition coefficient (Wildman–Crippen LogP) is 7.43. The van der Waals surface area contributed by atoms with Gasteiger partial charge in [0, 0.05) is 5.56 Å². The summed E-state index contributed by atoms with van der Waals surface area (Å²) < 4.78 is 91.0. The Hall–Kier alpha value is -2.26. The fraction of sp³-hybridized carbons (Fsp3) is 0.250. The Morgan fingerprint density at radius 1 is 1.03 bits per heavy atom. The molecule has 2 nitrogen and oxygen atoms in total. The average Bonchev–Trinajstić information content (AvgIpc) is 3.08. The van der Waals surface area contributed by atoms with Crippen LogP contribution < -0.4 is 4.74 Å². The van der Waals surface area contributed by atoms with Crippen LogP contribution in [-0.2, 0) is 19.2 Å². The number of hydrogen-bond donors (Lipinski definition) is 0. The maximum atomic E-state index is 14.3. The van der Waals surface area contributed by atoms with Crippen molar-refractivity contribution in [2.24, 2.45) is 0 Å². The third-order valence-corrected chi connectivity index (χ3v) is 5.44. The molecule has 0 amide bonds. The molecule has 1 heterocycles. The molecule has 0 bridgehead atoms. The van der Waals surface area contributed by atoms with Crippen LogP contribution in [0.1, 0.15) is 30.2 Å². The van der Waals surface area contributed by atoms with E-state index in [0.717, 1.165) is 18.2 Å². The van der Waals surface area contributed by atoms with E-state index in [1.54, 1.807) is 0 Å². The standard InChI is InChI=1S/C20H14ClF6NOS/c1-2-3-10-6-15(23)17(16(24)7-10)29-9-12-18(30-28-19(12)20(25,26)27)11-4-5-13(21)14(22)8-11/h4-8H,2-3,9H2,1H3. The lowest BCUT2D eigenvalue weighted by Crippen LogP contribution is -2.11. The lowest BCUT2D eigenvalue weighted by atomic mass is 10.1. The van der Waals surface area contributed by atoms with Gasteiger partial charge in [-0.3, -0.25) is 0 Å². The minimum atomic E-state index is -4.83. The number of halogens is 7. The van der Waals surface area contributed by atoms with Gasteiger partial charge < -0.3 is 4.74 Å². The van der Waals surface area contributed by atoms with Gasteiger partial charge in [0.1, 0.15) is 12.4 Å². The fourth-order valence-electron chi connectivity index (χ4n) is 2.86. The highest BCUT2D eigenvalue weighted by Crippen LogP contribution is 2.40. The van der Waals surface area contributed by atoms with E-state index in [2.05, 4.69) is 4.37 Å². The van der Waals surface area contributed by atoms with Gasteiger partial charge in [-0.2, -0.15) is 17.5 Å². The number of aryl methyl sites for hydroxylation is 1. The molecule has 3 aromatic rings. The van der Waals surface area contributed by atoms with Crippen LogP contribution in [-0.4, -0.2) is 4.37 Å². The van der Waals surface area contributed by atoms with Gasteiger partial charge in [0.05, 0.1) is 9.90 Å². The second-order valence-electron chi connectivity index (χ2n) is 6.39. The highest BCUT2D eigenvalue weighted by molar-refractivity contribution is 7.09. The quantitative estimate of drug-likeness (QED) is 0.353. The van der Waals surface area contributed by atoms with Crippen molar-refractivity contribution >= 4 is 23.1 Å². The van der Waals surface area contributed by atoms with Gasteiger partial charge in [0.25, 0.3) is 0 Å². The van der Waals surface area contributed by atoms with Gasteiger partial charge in [0.15, 0.2) is 23.1 Å². The zero-order valence-electron chi connectivity index (χ0n) is 15.4. The Morgan fingerprint density at radius 3 is 2.27 bits per heavy atom. The molecule has 0 atom stereocenters. The summed E-state index contributed by atoms with van der Waals surface area (Å²) in [7, 11) is 0. The van der Waals surface area contributed by atoms with Crippen LogP contribution in [0, 0.1) is 17.5 Å². The number of rotatable bonds is 6. The van der Waals surface area contributed by atoms with Crippen LogP contribution in [0.4, 0.5) is 26.3 Å². The van der Waals surface area contributed by atoms with Gasteiger partial charge >= 0.3 is 6.18 Å². The van der Waals surface area contributed by atoms with Crippen molar-refractivity contribution in [1.82, 2.24) is 4.37 Å². The van der Waals surface area contributed by atoms with Crippen molar-refractivity contribution in [3.05, 3.63) is 69.6 Å². The topological polar surface area (TPSA) is 22.1 Å². The molecule has 0 N–H and O–H groups in total. The number of ether oxygens (including phenoxy) is 1. The van der Waals surface area contributed by atoms with Crippen molar-refractivity contribution in [2.75, 3.05) is 0 Å². The Kier molecular flexibility index (Phi) is 6.62. The Labute approximate surface area is 177 Å². The second-order valence-corrected chi connectivity index (χ2v) is 7.57. The van der Waals surface area contributed by atoms with Gasteiger partial charge in [-0.05, 0) is 53.3 Å². The van der Waals surface area contributed by atoms with Crippen LogP contribution in [0.25, 0.3) is 10.4 Å². The van der Waals surface area contributed by atoms with Crippen LogP contribution in [0.2, 0.25) is 5.02 Å². The molecule has 0 unspecified atom stereocenters. The van der Waals surface area contributed by atoms with E-state index in [0.29, 0.717) is 29.9 Å². The molecule has 1 aromatic heterocycles. The van der Waals surface area contributed by atoms with Gasteiger partial charge in [0.2, 0.25) is 0 Å². The molecule has 0 radical (unpaired) electrons. The monoisotopic (exact) mass is 465 g/mol. The lowest BCUT2D eigenvalue weighted by molar-refractivity contribution is -0.141. The number of nitrogens with zero attached hydrogens (tertiary/aromatic N) is 1. The van der Waals surface area contributed by atoms with Gasteiger partial charge in [-0.15, -0.1) is 0 Å². The van der Waals surface area contributed by atoms with Crippen molar-refractivity contribution in [2.45, 2.75) is 32.5 Å². The third-order valence-electron chi connectivity index (χ3n) is 4.20.